The molecular formula is C9H17NO7S. The van der Waals surface area contributed by atoms with Gasteiger partial charge in [0.05, 0.1) is 31.5 Å². The number of aliphatic hydroxyl groups excluding tert-OH is 1. The first-order valence-corrected chi connectivity index (χ1v) is 6.76. The van der Waals surface area contributed by atoms with Crippen molar-refractivity contribution in [2.24, 2.45) is 5.92 Å². The molecule has 0 saturated carbocycles. The van der Waals surface area contributed by atoms with Crippen molar-refractivity contribution < 1.29 is 31.8 Å². The van der Waals surface area contributed by atoms with Crippen LogP contribution in [0.5, 0.6) is 0 Å². The van der Waals surface area contributed by atoms with Gasteiger partial charge in [-0.1, -0.05) is 6.92 Å². The van der Waals surface area contributed by atoms with Crippen molar-refractivity contribution in [3.8, 4) is 0 Å². The monoisotopic (exact) mass is 283 g/mol. The normalized spacial score (nSPS) is 33.1. The van der Waals surface area contributed by atoms with Gasteiger partial charge in [0.25, 0.3) is 0 Å². The van der Waals surface area contributed by atoms with Gasteiger partial charge >= 0.3 is 10.4 Å². The number of carbonyl (C=O) groups excluding carboxylic acids is 1. The molecule has 1 saturated heterocycles. The molecule has 1 fully saturated rings. The van der Waals surface area contributed by atoms with Crippen LogP contribution >= 0.6 is 0 Å². The molecule has 18 heavy (non-hydrogen) atoms. The molecule has 8 nitrogen and oxygen atoms in total. The number of amides is 1. The summed E-state index contributed by atoms with van der Waals surface area (Å²) in [4.78, 5) is 10.9. The molecule has 4 atom stereocenters. The zero-order chi connectivity index (χ0) is 13.9. The van der Waals surface area contributed by atoms with Gasteiger partial charge < -0.3 is 15.2 Å². The summed E-state index contributed by atoms with van der Waals surface area (Å²) < 4.78 is 38.8. The number of hydrogen-bond acceptors (Lipinski definition) is 6. The topological polar surface area (TPSA) is 122 Å². The molecular weight excluding hydrogens is 266 g/mol. The van der Waals surface area contributed by atoms with Crippen molar-refractivity contribution in [1.29, 1.82) is 0 Å². The molecule has 1 aliphatic rings. The molecule has 0 bridgehead atoms. The number of ether oxygens (including phenoxy) is 1. The Bertz CT molecular complexity index is 396. The molecule has 106 valence electrons. The third-order valence-corrected chi connectivity index (χ3v) is 3.23. The first-order valence-electron chi connectivity index (χ1n) is 5.39. The van der Waals surface area contributed by atoms with E-state index in [1.807, 2.05) is 0 Å². The van der Waals surface area contributed by atoms with Crippen LogP contribution in [0, 0.1) is 5.92 Å². The van der Waals surface area contributed by atoms with Gasteiger partial charge in [-0.05, 0) is 0 Å². The SMILES string of the molecule is CC(=O)NC1COC(COS(=O)(=O)O)C(C)C1O. The summed E-state index contributed by atoms with van der Waals surface area (Å²) in [6.45, 7) is 2.62. The summed E-state index contributed by atoms with van der Waals surface area (Å²) in [5.41, 5.74) is 0. The highest BCUT2D eigenvalue weighted by Crippen LogP contribution is 2.22. The second-order valence-corrected chi connectivity index (χ2v) is 5.33. The average Bonchev–Trinajstić information content (AvgIpc) is 2.22. The van der Waals surface area contributed by atoms with Crippen LogP contribution in [0.25, 0.3) is 0 Å². The van der Waals surface area contributed by atoms with Crippen molar-refractivity contribution in [2.45, 2.75) is 32.1 Å². The summed E-state index contributed by atoms with van der Waals surface area (Å²) in [5.74, 6) is -0.736. The third-order valence-electron chi connectivity index (χ3n) is 2.80. The van der Waals surface area contributed by atoms with Crippen molar-refractivity contribution >= 4 is 16.3 Å². The minimum absolute atomic E-state index is 0.0462. The predicted octanol–water partition coefficient (Wildman–Crippen LogP) is -1.29. The molecule has 0 spiro atoms. The minimum atomic E-state index is -4.53. The van der Waals surface area contributed by atoms with E-state index in [1.165, 1.54) is 6.92 Å². The van der Waals surface area contributed by atoms with Crippen LogP contribution < -0.4 is 5.32 Å². The number of carbonyl (C=O) groups is 1. The van der Waals surface area contributed by atoms with Crippen LogP contribution in [-0.4, -0.2) is 55.4 Å². The van der Waals surface area contributed by atoms with Gasteiger partial charge in [-0.25, -0.2) is 4.18 Å². The molecule has 1 amide bonds. The Labute approximate surface area is 105 Å². The number of rotatable bonds is 4. The highest BCUT2D eigenvalue weighted by atomic mass is 32.3. The van der Waals surface area contributed by atoms with Gasteiger partial charge in [0.2, 0.25) is 5.91 Å². The maximum Gasteiger partial charge on any atom is 0.397 e. The Hall–Kier alpha value is -0.740. The lowest BCUT2D eigenvalue weighted by molar-refractivity contribution is -0.134. The summed E-state index contributed by atoms with van der Waals surface area (Å²) >= 11 is 0. The molecule has 1 aliphatic heterocycles. The van der Waals surface area contributed by atoms with Crippen LogP contribution in [0.15, 0.2) is 0 Å². The van der Waals surface area contributed by atoms with Crippen molar-refractivity contribution in [2.75, 3.05) is 13.2 Å². The van der Waals surface area contributed by atoms with E-state index in [4.69, 9.17) is 9.29 Å². The fourth-order valence-electron chi connectivity index (χ4n) is 1.81. The van der Waals surface area contributed by atoms with E-state index in [2.05, 4.69) is 9.50 Å². The Morgan fingerprint density at radius 1 is 1.56 bits per heavy atom. The Kier molecular flexibility index (Phi) is 5.05. The first-order chi connectivity index (χ1) is 8.20. The molecule has 0 aromatic rings. The molecule has 0 radical (unpaired) electrons. The van der Waals surface area contributed by atoms with Crippen LogP contribution in [-0.2, 0) is 24.1 Å². The second kappa shape index (κ2) is 5.93. The van der Waals surface area contributed by atoms with E-state index in [-0.39, 0.29) is 19.1 Å². The highest BCUT2D eigenvalue weighted by molar-refractivity contribution is 7.80. The lowest BCUT2D eigenvalue weighted by Gasteiger charge is -2.38. The number of hydrogen-bond donors (Lipinski definition) is 3. The van der Waals surface area contributed by atoms with E-state index >= 15 is 0 Å². The summed E-state index contributed by atoms with van der Waals surface area (Å²) in [6.07, 6.45) is -1.55. The molecule has 0 aromatic carbocycles. The van der Waals surface area contributed by atoms with E-state index in [9.17, 15) is 18.3 Å². The van der Waals surface area contributed by atoms with Crippen LogP contribution in [0.4, 0.5) is 0 Å². The summed E-state index contributed by atoms with van der Waals surface area (Å²) in [5, 5.41) is 12.5. The van der Waals surface area contributed by atoms with Crippen molar-refractivity contribution in [1.82, 2.24) is 5.32 Å². The van der Waals surface area contributed by atoms with E-state index in [1.54, 1.807) is 6.92 Å². The maximum absolute atomic E-state index is 10.9. The lowest BCUT2D eigenvalue weighted by Crippen LogP contribution is -2.56. The smallest absolute Gasteiger partial charge is 0.391 e. The standard InChI is InChI=1S/C9H17NO7S/c1-5-8(4-17-18(13,14)15)16-3-7(9(5)12)10-6(2)11/h5,7-9,12H,3-4H2,1-2H3,(H,10,11)(H,13,14,15). The summed E-state index contributed by atoms with van der Waals surface area (Å²) in [7, 11) is -4.53. The molecule has 1 heterocycles. The van der Waals surface area contributed by atoms with E-state index in [0.717, 1.165) is 0 Å². The van der Waals surface area contributed by atoms with E-state index in [0.29, 0.717) is 0 Å². The lowest BCUT2D eigenvalue weighted by atomic mass is 9.90. The fraction of sp³-hybridized carbons (Fsp3) is 0.889. The zero-order valence-electron chi connectivity index (χ0n) is 10.1. The molecule has 9 heteroatoms. The Balaban J connectivity index is 2.55. The van der Waals surface area contributed by atoms with Crippen molar-refractivity contribution in [3.05, 3.63) is 0 Å². The zero-order valence-corrected chi connectivity index (χ0v) is 10.9. The van der Waals surface area contributed by atoms with Crippen LogP contribution in [0.1, 0.15) is 13.8 Å². The van der Waals surface area contributed by atoms with Gasteiger partial charge in [0.1, 0.15) is 0 Å². The minimum Gasteiger partial charge on any atom is -0.391 e. The largest absolute Gasteiger partial charge is 0.397 e. The molecule has 1 rings (SSSR count). The van der Waals surface area contributed by atoms with Crippen LogP contribution in [0.2, 0.25) is 0 Å². The van der Waals surface area contributed by atoms with Gasteiger partial charge in [-0.3, -0.25) is 9.35 Å². The van der Waals surface area contributed by atoms with E-state index < -0.39 is 34.6 Å². The third kappa shape index (κ3) is 4.50. The molecule has 0 aliphatic carbocycles. The highest BCUT2D eigenvalue weighted by Gasteiger charge is 2.37. The van der Waals surface area contributed by atoms with Crippen LogP contribution in [0.3, 0.4) is 0 Å². The quantitative estimate of drug-likeness (QED) is 0.548. The Morgan fingerprint density at radius 2 is 2.17 bits per heavy atom. The van der Waals surface area contributed by atoms with Gasteiger partial charge in [0, 0.05) is 12.8 Å². The Morgan fingerprint density at radius 3 is 2.67 bits per heavy atom. The molecule has 4 unspecified atom stereocenters. The molecule has 3 N–H and O–H groups in total. The number of nitrogens with one attached hydrogen (secondary N) is 1. The first kappa shape index (κ1) is 15.3. The maximum atomic E-state index is 10.9. The average molecular weight is 283 g/mol. The predicted molar refractivity (Wildman–Crippen MR) is 60.0 cm³/mol. The second-order valence-electron chi connectivity index (χ2n) is 4.24. The fourth-order valence-corrected chi connectivity index (χ4v) is 2.11. The summed E-state index contributed by atoms with van der Waals surface area (Å²) in [6, 6.07) is -0.542. The number of aliphatic hydroxyl groups is 1. The van der Waals surface area contributed by atoms with Gasteiger partial charge in [0.15, 0.2) is 0 Å². The molecule has 0 aromatic heterocycles. The van der Waals surface area contributed by atoms with Crippen molar-refractivity contribution in [3.63, 3.8) is 0 Å². The van der Waals surface area contributed by atoms with Gasteiger partial charge in [-0.15, -0.1) is 0 Å². The van der Waals surface area contributed by atoms with Gasteiger partial charge in [-0.2, -0.15) is 8.42 Å².